The lowest BCUT2D eigenvalue weighted by Gasteiger charge is -2.34. The molecule has 2 rings (SSSR count). The van der Waals surface area contributed by atoms with Crippen molar-refractivity contribution in [2.75, 3.05) is 0 Å². The normalized spacial score (nSPS) is 46.8. The number of nitrogens with one attached hydrogen (secondary N) is 1. The Bertz CT molecular complexity index is 217. The zero-order chi connectivity index (χ0) is 8.28. The lowest BCUT2D eigenvalue weighted by molar-refractivity contribution is 0.193. The van der Waals surface area contributed by atoms with Gasteiger partial charge in [-0.05, 0) is 30.6 Å². The minimum Gasteiger partial charge on any atom is -0.309 e. The third-order valence-corrected chi connectivity index (χ3v) is 4.55. The Kier molecular flexibility index (Phi) is 1.13. The second-order valence-corrected chi connectivity index (χ2v) is 4.97. The van der Waals surface area contributed by atoms with E-state index >= 15 is 0 Å². The molecule has 11 heavy (non-hydrogen) atoms. The highest BCUT2D eigenvalue weighted by molar-refractivity contribution is 5.91. The smallest absolute Gasteiger partial charge is 0.0156 e. The van der Waals surface area contributed by atoms with Crippen LogP contribution in [0.2, 0.25) is 0 Å². The number of fused-ring (bicyclic) bond motifs is 2. The van der Waals surface area contributed by atoms with Crippen LogP contribution in [0.5, 0.6) is 0 Å². The van der Waals surface area contributed by atoms with Gasteiger partial charge in [0.25, 0.3) is 0 Å². The highest BCUT2D eigenvalue weighted by Gasteiger charge is 2.59. The van der Waals surface area contributed by atoms with Gasteiger partial charge in [0.15, 0.2) is 0 Å². The molecule has 0 aromatic heterocycles. The first kappa shape index (κ1) is 7.33. The predicted molar refractivity (Wildman–Crippen MR) is 47.0 cm³/mol. The SMILES string of the molecule is CC1(C)C2CC[C@]1(C)C(=N)C2. The third-order valence-electron chi connectivity index (χ3n) is 4.55. The minimum atomic E-state index is 0.248. The largest absolute Gasteiger partial charge is 0.309 e. The molecule has 1 nitrogen and oxygen atoms in total. The average Bonchev–Trinajstić information content (AvgIpc) is 2.20. The van der Waals surface area contributed by atoms with E-state index in [0.717, 1.165) is 18.1 Å². The summed E-state index contributed by atoms with van der Waals surface area (Å²) >= 11 is 0. The molecule has 0 aliphatic heterocycles. The molecule has 0 heterocycles. The number of hydrogen-bond donors (Lipinski definition) is 1. The Morgan fingerprint density at radius 3 is 2.18 bits per heavy atom. The van der Waals surface area contributed by atoms with E-state index in [1.807, 2.05) is 0 Å². The first-order chi connectivity index (χ1) is 4.98. The van der Waals surface area contributed by atoms with Crippen LogP contribution >= 0.6 is 0 Å². The van der Waals surface area contributed by atoms with Crippen molar-refractivity contribution in [1.29, 1.82) is 5.41 Å². The van der Waals surface area contributed by atoms with E-state index in [1.54, 1.807) is 0 Å². The molecule has 0 spiro atoms. The van der Waals surface area contributed by atoms with Crippen molar-refractivity contribution in [3.05, 3.63) is 0 Å². The van der Waals surface area contributed by atoms with E-state index in [1.165, 1.54) is 12.8 Å². The monoisotopic (exact) mass is 151 g/mol. The molecule has 2 bridgehead atoms. The summed E-state index contributed by atoms with van der Waals surface area (Å²) in [6.45, 7) is 6.96. The molecule has 2 atom stereocenters. The summed E-state index contributed by atoms with van der Waals surface area (Å²) in [6, 6.07) is 0. The van der Waals surface area contributed by atoms with Crippen LogP contribution in [-0.4, -0.2) is 5.71 Å². The molecule has 62 valence electrons. The van der Waals surface area contributed by atoms with Gasteiger partial charge in [-0.25, -0.2) is 0 Å². The van der Waals surface area contributed by atoms with Gasteiger partial charge in [0, 0.05) is 11.1 Å². The lowest BCUT2D eigenvalue weighted by Crippen LogP contribution is -2.31. The summed E-state index contributed by atoms with van der Waals surface area (Å²) in [5, 5.41) is 7.89. The maximum atomic E-state index is 7.89. The predicted octanol–water partition coefficient (Wildman–Crippen LogP) is 2.85. The van der Waals surface area contributed by atoms with E-state index in [0.29, 0.717) is 5.41 Å². The van der Waals surface area contributed by atoms with Gasteiger partial charge in [-0.15, -0.1) is 0 Å². The van der Waals surface area contributed by atoms with Crippen molar-refractivity contribution in [2.45, 2.75) is 40.0 Å². The van der Waals surface area contributed by atoms with Gasteiger partial charge in [-0.3, -0.25) is 0 Å². The van der Waals surface area contributed by atoms with Crippen molar-refractivity contribution in [2.24, 2.45) is 16.7 Å². The van der Waals surface area contributed by atoms with Crippen molar-refractivity contribution in [3.63, 3.8) is 0 Å². The Morgan fingerprint density at radius 1 is 1.36 bits per heavy atom. The molecule has 1 heteroatoms. The first-order valence-electron chi connectivity index (χ1n) is 4.56. The maximum absolute atomic E-state index is 7.89. The van der Waals surface area contributed by atoms with Crippen LogP contribution in [0, 0.1) is 22.2 Å². The van der Waals surface area contributed by atoms with Crippen LogP contribution < -0.4 is 0 Å². The molecule has 0 amide bonds. The van der Waals surface area contributed by atoms with Crippen LogP contribution in [0.4, 0.5) is 0 Å². The zero-order valence-electron chi connectivity index (χ0n) is 7.70. The Morgan fingerprint density at radius 2 is 2.00 bits per heavy atom. The Balaban J connectivity index is 2.47. The zero-order valence-corrected chi connectivity index (χ0v) is 7.70. The van der Waals surface area contributed by atoms with E-state index < -0.39 is 0 Å². The van der Waals surface area contributed by atoms with Crippen molar-refractivity contribution >= 4 is 5.71 Å². The van der Waals surface area contributed by atoms with Gasteiger partial charge in [0.2, 0.25) is 0 Å². The van der Waals surface area contributed by atoms with Crippen LogP contribution in [0.3, 0.4) is 0 Å². The summed E-state index contributed by atoms with van der Waals surface area (Å²) in [5.74, 6) is 0.806. The average molecular weight is 151 g/mol. The topological polar surface area (TPSA) is 23.9 Å². The molecule has 2 saturated carbocycles. The molecule has 2 aliphatic rings. The number of hydrogen-bond acceptors (Lipinski definition) is 1. The summed E-state index contributed by atoms with van der Waals surface area (Å²) in [5.41, 5.74) is 1.67. The third kappa shape index (κ3) is 0.605. The standard InChI is InChI=1S/C10H17N/c1-9(2)7-4-5-10(9,3)8(11)6-7/h7,11H,4-6H2,1-3H3/t7?,10-/m1/s1. The second-order valence-electron chi connectivity index (χ2n) is 4.97. The highest BCUT2D eigenvalue weighted by atomic mass is 14.7. The first-order valence-corrected chi connectivity index (χ1v) is 4.56. The molecule has 0 saturated heterocycles. The van der Waals surface area contributed by atoms with Crippen LogP contribution in [0.25, 0.3) is 0 Å². The lowest BCUT2D eigenvalue weighted by atomic mass is 9.70. The van der Waals surface area contributed by atoms with Gasteiger partial charge in [-0.2, -0.15) is 0 Å². The van der Waals surface area contributed by atoms with Gasteiger partial charge < -0.3 is 5.41 Å². The molecular formula is C10H17N. The quantitative estimate of drug-likeness (QED) is 0.550. The fraction of sp³-hybridized carbons (Fsp3) is 0.900. The Hall–Kier alpha value is -0.330. The minimum absolute atomic E-state index is 0.248. The fourth-order valence-corrected chi connectivity index (χ4v) is 2.97. The maximum Gasteiger partial charge on any atom is 0.0156 e. The summed E-state index contributed by atoms with van der Waals surface area (Å²) < 4.78 is 0. The van der Waals surface area contributed by atoms with Gasteiger partial charge in [0.05, 0.1) is 0 Å². The molecular weight excluding hydrogens is 134 g/mol. The molecule has 0 aromatic carbocycles. The van der Waals surface area contributed by atoms with E-state index in [9.17, 15) is 0 Å². The van der Waals surface area contributed by atoms with E-state index in [2.05, 4.69) is 20.8 Å². The van der Waals surface area contributed by atoms with Crippen molar-refractivity contribution < 1.29 is 0 Å². The summed E-state index contributed by atoms with van der Waals surface area (Å²) in [7, 11) is 0. The van der Waals surface area contributed by atoms with Gasteiger partial charge in [-0.1, -0.05) is 20.8 Å². The van der Waals surface area contributed by atoms with E-state index in [4.69, 9.17) is 5.41 Å². The fourth-order valence-electron chi connectivity index (χ4n) is 2.97. The molecule has 2 aliphatic carbocycles. The van der Waals surface area contributed by atoms with Gasteiger partial charge >= 0.3 is 0 Å². The highest BCUT2D eigenvalue weighted by Crippen LogP contribution is 2.63. The number of rotatable bonds is 0. The molecule has 0 radical (unpaired) electrons. The van der Waals surface area contributed by atoms with Gasteiger partial charge in [0.1, 0.15) is 0 Å². The van der Waals surface area contributed by atoms with Crippen molar-refractivity contribution in [1.82, 2.24) is 0 Å². The summed E-state index contributed by atoms with van der Waals surface area (Å²) in [6.07, 6.45) is 3.68. The van der Waals surface area contributed by atoms with Crippen LogP contribution in [0.1, 0.15) is 40.0 Å². The molecule has 1 N–H and O–H groups in total. The Labute approximate surface area is 68.7 Å². The van der Waals surface area contributed by atoms with Crippen LogP contribution in [0.15, 0.2) is 0 Å². The second kappa shape index (κ2) is 1.70. The van der Waals surface area contributed by atoms with Crippen LogP contribution in [-0.2, 0) is 0 Å². The molecule has 2 fully saturated rings. The molecule has 1 unspecified atom stereocenters. The molecule has 0 aromatic rings. The van der Waals surface area contributed by atoms with Crippen molar-refractivity contribution in [3.8, 4) is 0 Å². The summed E-state index contributed by atoms with van der Waals surface area (Å²) in [4.78, 5) is 0. The van der Waals surface area contributed by atoms with E-state index in [-0.39, 0.29) is 5.41 Å².